The molecule has 4 aromatic rings. The van der Waals surface area contributed by atoms with Crippen LogP contribution in [0.1, 0.15) is 45.1 Å². The average molecular weight is 494 g/mol. The van der Waals surface area contributed by atoms with Crippen LogP contribution in [-0.4, -0.2) is 49.0 Å². The third-order valence-electron chi connectivity index (χ3n) is 5.07. The molecule has 0 bridgehead atoms. The van der Waals surface area contributed by atoms with Crippen molar-refractivity contribution >= 4 is 11.8 Å². The van der Waals surface area contributed by atoms with Gasteiger partial charge in [0.15, 0.2) is 0 Å². The maximum absolute atomic E-state index is 12.7. The molecule has 0 saturated carbocycles. The summed E-state index contributed by atoms with van der Waals surface area (Å²) < 4.78 is 29.1. The van der Waals surface area contributed by atoms with Crippen LogP contribution in [0, 0.1) is 0 Å². The average Bonchev–Trinajstić information content (AvgIpc) is 3.42. The Morgan fingerprint density at radius 1 is 1.03 bits per heavy atom. The minimum absolute atomic E-state index is 0.0118. The first kappa shape index (κ1) is 24.3. The number of ether oxygens (including phenoxy) is 1. The van der Waals surface area contributed by atoms with Crippen LogP contribution in [0.2, 0.25) is 0 Å². The van der Waals surface area contributed by atoms with Gasteiger partial charge in [0.25, 0.3) is 11.8 Å². The molecule has 3 N–H and O–H groups in total. The fourth-order valence-electron chi connectivity index (χ4n) is 3.27. The maximum Gasteiger partial charge on any atom is 0.387 e. The number of alkyl halides is 2. The minimum atomic E-state index is -2.95. The predicted molar refractivity (Wildman–Crippen MR) is 122 cm³/mol. The summed E-state index contributed by atoms with van der Waals surface area (Å²) in [6, 6.07) is 14.2. The Morgan fingerprint density at radius 2 is 1.78 bits per heavy atom. The lowest BCUT2D eigenvalue weighted by Crippen LogP contribution is -2.29. The number of aromatic nitrogens is 6. The molecule has 0 aliphatic heterocycles. The molecule has 184 valence electrons. The highest BCUT2D eigenvalue weighted by Gasteiger charge is 2.16. The van der Waals surface area contributed by atoms with Gasteiger partial charge in [0, 0.05) is 18.2 Å². The second kappa shape index (κ2) is 11.1. The first-order chi connectivity index (χ1) is 17.4. The number of carbonyl (C=O) groups excluding carboxylic acids is 2. The van der Waals surface area contributed by atoms with E-state index in [9.17, 15) is 18.4 Å². The number of nitrogens with zero attached hydrogens (tertiary/aromatic N) is 5. The van der Waals surface area contributed by atoms with Crippen LogP contribution in [0.25, 0.3) is 11.4 Å². The molecule has 0 fully saturated rings. The molecular formula is C23H20F2N8O3. The molecule has 36 heavy (non-hydrogen) atoms. The van der Waals surface area contributed by atoms with E-state index in [1.54, 1.807) is 6.07 Å². The molecule has 2 aromatic carbocycles. The largest absolute Gasteiger partial charge is 0.435 e. The SMILES string of the molecule is C[C@H](NC(=O)c1cc(C(=O)NCc2cccc(OC(F)F)c2)ncn1)c1ccc(-c2nn[nH]n2)cc1. The molecule has 2 amide bonds. The van der Waals surface area contributed by atoms with Crippen LogP contribution in [0.5, 0.6) is 5.75 Å². The monoisotopic (exact) mass is 494 g/mol. The molecule has 0 aliphatic carbocycles. The normalized spacial score (nSPS) is 11.7. The number of H-pyrrole nitrogens is 1. The van der Waals surface area contributed by atoms with Crippen LogP contribution >= 0.6 is 0 Å². The van der Waals surface area contributed by atoms with E-state index < -0.39 is 18.4 Å². The Balaban J connectivity index is 1.36. The van der Waals surface area contributed by atoms with E-state index in [1.165, 1.54) is 24.3 Å². The molecule has 0 unspecified atom stereocenters. The molecule has 4 rings (SSSR count). The molecule has 11 nitrogen and oxygen atoms in total. The van der Waals surface area contributed by atoms with E-state index in [0.717, 1.165) is 17.5 Å². The summed E-state index contributed by atoms with van der Waals surface area (Å²) in [6.45, 7) is -1.09. The van der Waals surface area contributed by atoms with Crippen molar-refractivity contribution in [2.75, 3.05) is 0 Å². The van der Waals surface area contributed by atoms with Crippen LogP contribution in [0.3, 0.4) is 0 Å². The van der Waals surface area contributed by atoms with E-state index in [0.29, 0.717) is 11.4 Å². The van der Waals surface area contributed by atoms with Crippen LogP contribution < -0.4 is 15.4 Å². The van der Waals surface area contributed by atoms with Gasteiger partial charge in [0.1, 0.15) is 23.5 Å². The number of hydrogen-bond donors (Lipinski definition) is 3. The molecule has 0 saturated heterocycles. The first-order valence-electron chi connectivity index (χ1n) is 10.7. The minimum Gasteiger partial charge on any atom is -0.435 e. The highest BCUT2D eigenvalue weighted by molar-refractivity contribution is 5.97. The van der Waals surface area contributed by atoms with Gasteiger partial charge < -0.3 is 15.4 Å². The van der Waals surface area contributed by atoms with Gasteiger partial charge in [-0.15, -0.1) is 10.2 Å². The fraction of sp³-hybridized carbons (Fsp3) is 0.174. The Kier molecular flexibility index (Phi) is 7.48. The number of hydrogen-bond acceptors (Lipinski definition) is 8. The lowest BCUT2D eigenvalue weighted by atomic mass is 10.1. The maximum atomic E-state index is 12.7. The number of rotatable bonds is 9. The number of benzene rings is 2. The second-order valence-corrected chi connectivity index (χ2v) is 7.55. The van der Waals surface area contributed by atoms with Crippen molar-refractivity contribution in [1.29, 1.82) is 0 Å². The van der Waals surface area contributed by atoms with Crippen molar-refractivity contribution in [2.24, 2.45) is 0 Å². The molecular weight excluding hydrogens is 474 g/mol. The Hall–Kier alpha value is -4.81. The van der Waals surface area contributed by atoms with E-state index in [-0.39, 0.29) is 29.7 Å². The summed E-state index contributed by atoms with van der Waals surface area (Å²) in [5.41, 5.74) is 2.14. The van der Waals surface area contributed by atoms with E-state index in [1.807, 2.05) is 31.2 Å². The molecule has 0 radical (unpaired) electrons. The third-order valence-corrected chi connectivity index (χ3v) is 5.07. The topological polar surface area (TPSA) is 148 Å². The van der Waals surface area contributed by atoms with Gasteiger partial charge in [0.05, 0.1) is 6.04 Å². The van der Waals surface area contributed by atoms with E-state index >= 15 is 0 Å². The van der Waals surface area contributed by atoms with Crippen molar-refractivity contribution in [3.63, 3.8) is 0 Å². The van der Waals surface area contributed by atoms with Crippen molar-refractivity contribution in [2.45, 2.75) is 26.1 Å². The third kappa shape index (κ3) is 6.20. The van der Waals surface area contributed by atoms with Gasteiger partial charge in [-0.05, 0) is 35.4 Å². The van der Waals surface area contributed by atoms with Crippen molar-refractivity contribution in [3.05, 3.63) is 83.4 Å². The van der Waals surface area contributed by atoms with Crippen molar-refractivity contribution in [3.8, 4) is 17.1 Å². The number of aromatic amines is 1. The van der Waals surface area contributed by atoms with Crippen LogP contribution in [0.4, 0.5) is 8.78 Å². The van der Waals surface area contributed by atoms with Crippen molar-refractivity contribution < 1.29 is 23.1 Å². The number of carbonyl (C=O) groups is 2. The summed E-state index contributed by atoms with van der Waals surface area (Å²) >= 11 is 0. The predicted octanol–water partition coefficient (Wildman–Crippen LogP) is 2.68. The van der Waals surface area contributed by atoms with Gasteiger partial charge in [-0.25, -0.2) is 9.97 Å². The summed E-state index contributed by atoms with van der Waals surface area (Å²) in [6.07, 6.45) is 1.12. The summed E-state index contributed by atoms with van der Waals surface area (Å²) in [4.78, 5) is 33.1. The fourth-order valence-corrected chi connectivity index (χ4v) is 3.27. The van der Waals surface area contributed by atoms with Crippen LogP contribution in [-0.2, 0) is 6.54 Å². The number of nitrogens with one attached hydrogen (secondary N) is 3. The van der Waals surface area contributed by atoms with E-state index in [2.05, 4.69) is 46.0 Å². The lowest BCUT2D eigenvalue weighted by Gasteiger charge is -2.14. The Labute approximate surface area is 203 Å². The zero-order chi connectivity index (χ0) is 25.5. The van der Waals surface area contributed by atoms with E-state index in [4.69, 9.17) is 0 Å². The van der Waals surface area contributed by atoms with Gasteiger partial charge in [-0.3, -0.25) is 9.59 Å². The molecule has 0 spiro atoms. The zero-order valence-electron chi connectivity index (χ0n) is 18.9. The highest BCUT2D eigenvalue weighted by atomic mass is 19.3. The van der Waals surface area contributed by atoms with Gasteiger partial charge in [0.2, 0.25) is 5.82 Å². The quantitative estimate of drug-likeness (QED) is 0.322. The number of amides is 2. The van der Waals surface area contributed by atoms with Gasteiger partial charge >= 0.3 is 6.61 Å². The van der Waals surface area contributed by atoms with Crippen LogP contribution in [0.15, 0.2) is 60.9 Å². The zero-order valence-corrected chi connectivity index (χ0v) is 18.9. The summed E-state index contributed by atoms with van der Waals surface area (Å²) in [7, 11) is 0. The number of halogens is 2. The molecule has 1 atom stereocenters. The summed E-state index contributed by atoms with van der Waals surface area (Å²) in [5.74, 6) is -0.606. The molecule has 2 heterocycles. The Morgan fingerprint density at radius 3 is 2.47 bits per heavy atom. The van der Waals surface area contributed by atoms with Gasteiger partial charge in [-0.1, -0.05) is 36.4 Å². The smallest absolute Gasteiger partial charge is 0.387 e. The first-order valence-corrected chi connectivity index (χ1v) is 10.7. The molecule has 13 heteroatoms. The van der Waals surface area contributed by atoms with Gasteiger partial charge in [-0.2, -0.15) is 14.0 Å². The summed E-state index contributed by atoms with van der Waals surface area (Å²) in [5, 5.41) is 19.2. The van der Waals surface area contributed by atoms with Crippen molar-refractivity contribution in [1.82, 2.24) is 41.2 Å². The number of tetrazole rings is 1. The Bertz CT molecular complexity index is 1330. The lowest BCUT2D eigenvalue weighted by molar-refractivity contribution is -0.0498. The standard InChI is InChI=1S/C23H20F2N8O3/c1-13(15-5-7-16(8-6-15)20-30-32-33-31-20)29-22(35)19-10-18(27-12-28-19)21(34)26-11-14-3-2-4-17(9-14)36-23(24)25/h2-10,12-13,23H,11H2,1H3,(H,26,34)(H,29,35)(H,30,31,32,33)/t13-/m0/s1. The molecule has 2 aromatic heterocycles. The highest BCUT2D eigenvalue weighted by Crippen LogP contribution is 2.19. The second-order valence-electron chi connectivity index (χ2n) is 7.55. The molecule has 0 aliphatic rings.